The smallest absolute Gasteiger partial charge is 0.150 e. The van der Waals surface area contributed by atoms with E-state index < -0.39 is 0 Å². The average Bonchev–Trinajstić information content (AvgIpc) is 2.83. The Labute approximate surface area is 105 Å². The highest BCUT2D eigenvalue weighted by molar-refractivity contribution is 5.75. The largest absolute Gasteiger partial charge is 0.326 e. The third kappa shape index (κ3) is 1.91. The van der Waals surface area contributed by atoms with Crippen molar-refractivity contribution in [3.8, 4) is 0 Å². The molecule has 0 saturated carbocycles. The molecule has 0 spiro atoms. The molecule has 0 aliphatic heterocycles. The lowest BCUT2D eigenvalue weighted by Gasteiger charge is -2.04. The highest BCUT2D eigenvalue weighted by atomic mass is 16.1. The first-order valence-corrected chi connectivity index (χ1v) is 5.81. The van der Waals surface area contributed by atoms with Crippen LogP contribution in [0.15, 0.2) is 54.9 Å². The average molecular weight is 236 g/mol. The minimum absolute atomic E-state index is 0.703. The first kappa shape index (κ1) is 10.7. The molecule has 0 radical (unpaired) electrons. The maximum Gasteiger partial charge on any atom is 0.150 e. The zero-order valence-electron chi connectivity index (χ0n) is 9.78. The number of rotatable bonds is 3. The molecule has 0 aliphatic rings. The first-order valence-electron chi connectivity index (χ1n) is 5.81. The number of carbonyl (C=O) groups excluding carboxylic acids is 1. The van der Waals surface area contributed by atoms with Gasteiger partial charge in [0.1, 0.15) is 6.29 Å². The fraction of sp³-hybridized carbons (Fsp3) is 0.0667. The van der Waals surface area contributed by atoms with Crippen molar-refractivity contribution in [2.45, 2.75) is 6.54 Å². The van der Waals surface area contributed by atoms with Gasteiger partial charge in [-0.25, -0.2) is 4.98 Å². The van der Waals surface area contributed by atoms with Gasteiger partial charge in [-0.3, -0.25) is 4.79 Å². The quantitative estimate of drug-likeness (QED) is 0.655. The molecule has 88 valence electrons. The van der Waals surface area contributed by atoms with Crippen LogP contribution in [-0.2, 0) is 6.54 Å². The van der Waals surface area contributed by atoms with Crippen molar-refractivity contribution >= 4 is 17.3 Å². The summed E-state index contributed by atoms with van der Waals surface area (Å²) in [4.78, 5) is 14.9. The summed E-state index contributed by atoms with van der Waals surface area (Å²) in [6.45, 7) is 0.764. The summed E-state index contributed by atoms with van der Waals surface area (Å²) in [6.07, 6.45) is 2.70. The Hall–Kier alpha value is -2.42. The molecule has 1 aromatic heterocycles. The van der Waals surface area contributed by atoms with Gasteiger partial charge in [0.2, 0.25) is 0 Å². The molecule has 0 saturated heterocycles. The molecule has 0 aliphatic carbocycles. The van der Waals surface area contributed by atoms with Gasteiger partial charge in [0.25, 0.3) is 0 Å². The summed E-state index contributed by atoms with van der Waals surface area (Å²) < 4.78 is 2.10. The molecule has 18 heavy (non-hydrogen) atoms. The van der Waals surface area contributed by atoms with Crippen molar-refractivity contribution in [1.82, 2.24) is 9.55 Å². The first-order chi connectivity index (χ1) is 8.86. The van der Waals surface area contributed by atoms with Crippen LogP contribution in [0.25, 0.3) is 11.0 Å². The minimum Gasteiger partial charge on any atom is -0.326 e. The van der Waals surface area contributed by atoms with Crippen LogP contribution < -0.4 is 0 Å². The topological polar surface area (TPSA) is 34.9 Å². The minimum atomic E-state index is 0.703. The molecule has 3 aromatic rings. The second kappa shape index (κ2) is 4.45. The van der Waals surface area contributed by atoms with E-state index in [1.165, 1.54) is 0 Å². The number of aromatic nitrogens is 2. The summed E-state index contributed by atoms with van der Waals surface area (Å²) in [7, 11) is 0. The van der Waals surface area contributed by atoms with Gasteiger partial charge in [-0.2, -0.15) is 0 Å². The van der Waals surface area contributed by atoms with Gasteiger partial charge < -0.3 is 4.57 Å². The second-order valence-corrected chi connectivity index (χ2v) is 4.22. The van der Waals surface area contributed by atoms with Crippen molar-refractivity contribution in [2.75, 3.05) is 0 Å². The Morgan fingerprint density at radius 3 is 2.61 bits per heavy atom. The van der Waals surface area contributed by atoms with Crippen LogP contribution in [0, 0.1) is 0 Å². The van der Waals surface area contributed by atoms with Crippen LogP contribution in [-0.4, -0.2) is 15.8 Å². The molecule has 0 amide bonds. The van der Waals surface area contributed by atoms with Crippen molar-refractivity contribution in [3.05, 3.63) is 66.0 Å². The van der Waals surface area contributed by atoms with E-state index in [9.17, 15) is 4.79 Å². The summed E-state index contributed by atoms with van der Waals surface area (Å²) in [5.74, 6) is 0. The molecular formula is C15H12N2O. The third-order valence-electron chi connectivity index (χ3n) is 3.00. The number of hydrogen-bond donors (Lipinski definition) is 0. The van der Waals surface area contributed by atoms with E-state index in [4.69, 9.17) is 0 Å². The zero-order valence-corrected chi connectivity index (χ0v) is 9.78. The molecule has 0 N–H and O–H groups in total. The van der Waals surface area contributed by atoms with Crippen LogP contribution in [0.1, 0.15) is 15.9 Å². The molecule has 3 heteroatoms. The molecule has 0 atom stereocenters. The number of imidazole rings is 1. The number of aldehydes is 1. The number of hydrogen-bond acceptors (Lipinski definition) is 2. The van der Waals surface area contributed by atoms with Gasteiger partial charge in [-0.1, -0.05) is 36.4 Å². The summed E-state index contributed by atoms with van der Waals surface area (Å²) in [5, 5.41) is 0. The van der Waals surface area contributed by atoms with Gasteiger partial charge in [0, 0.05) is 12.1 Å². The van der Waals surface area contributed by atoms with E-state index in [1.807, 2.05) is 48.8 Å². The van der Waals surface area contributed by atoms with E-state index in [-0.39, 0.29) is 0 Å². The second-order valence-electron chi connectivity index (χ2n) is 4.22. The molecule has 0 unspecified atom stereocenters. The van der Waals surface area contributed by atoms with Gasteiger partial charge in [-0.15, -0.1) is 0 Å². The monoisotopic (exact) mass is 236 g/mol. The number of benzene rings is 2. The van der Waals surface area contributed by atoms with E-state index in [0.717, 1.165) is 29.4 Å². The third-order valence-corrected chi connectivity index (χ3v) is 3.00. The Balaban J connectivity index is 1.93. The molecule has 3 nitrogen and oxygen atoms in total. The van der Waals surface area contributed by atoms with Gasteiger partial charge in [0.05, 0.1) is 17.4 Å². The van der Waals surface area contributed by atoms with Crippen molar-refractivity contribution in [3.63, 3.8) is 0 Å². The van der Waals surface area contributed by atoms with E-state index in [1.54, 1.807) is 0 Å². The Morgan fingerprint density at radius 2 is 1.83 bits per heavy atom. The lowest BCUT2D eigenvalue weighted by atomic mass is 10.1. The molecular weight excluding hydrogens is 224 g/mol. The summed E-state index contributed by atoms with van der Waals surface area (Å²) in [5.41, 5.74) is 3.98. The number of carbonyl (C=O) groups is 1. The molecule has 3 rings (SSSR count). The predicted octanol–water partition coefficient (Wildman–Crippen LogP) is 2.90. The summed E-state index contributed by atoms with van der Waals surface area (Å²) >= 11 is 0. The standard InChI is InChI=1S/C15H12N2O/c18-10-13-7-5-12(6-8-13)9-17-11-16-14-3-1-2-4-15(14)17/h1-8,10-11H,9H2. The van der Waals surface area contributed by atoms with E-state index in [2.05, 4.69) is 15.6 Å². The van der Waals surface area contributed by atoms with Crippen LogP contribution in [0.2, 0.25) is 0 Å². The van der Waals surface area contributed by atoms with Gasteiger partial charge in [-0.05, 0) is 17.7 Å². The SMILES string of the molecule is O=Cc1ccc(Cn2cnc3ccccc32)cc1. The van der Waals surface area contributed by atoms with Crippen LogP contribution >= 0.6 is 0 Å². The maximum atomic E-state index is 10.6. The molecule has 1 heterocycles. The van der Waals surface area contributed by atoms with Gasteiger partial charge in [0.15, 0.2) is 0 Å². The molecule has 2 aromatic carbocycles. The number of nitrogens with zero attached hydrogens (tertiary/aromatic N) is 2. The van der Waals surface area contributed by atoms with Crippen LogP contribution in [0.3, 0.4) is 0 Å². The van der Waals surface area contributed by atoms with Crippen LogP contribution in [0.4, 0.5) is 0 Å². The zero-order chi connectivity index (χ0) is 12.4. The van der Waals surface area contributed by atoms with Gasteiger partial charge >= 0.3 is 0 Å². The fourth-order valence-corrected chi connectivity index (χ4v) is 2.03. The molecule has 0 bridgehead atoms. The molecule has 0 fully saturated rings. The van der Waals surface area contributed by atoms with Crippen molar-refractivity contribution in [2.24, 2.45) is 0 Å². The van der Waals surface area contributed by atoms with Crippen molar-refractivity contribution in [1.29, 1.82) is 0 Å². The Bertz CT molecular complexity index is 683. The number of para-hydroxylation sites is 2. The van der Waals surface area contributed by atoms with Crippen LogP contribution in [0.5, 0.6) is 0 Å². The van der Waals surface area contributed by atoms with Crippen molar-refractivity contribution < 1.29 is 4.79 Å². The lowest BCUT2D eigenvalue weighted by molar-refractivity contribution is 0.112. The maximum absolute atomic E-state index is 10.6. The Kier molecular flexibility index (Phi) is 2.65. The predicted molar refractivity (Wildman–Crippen MR) is 70.7 cm³/mol. The number of fused-ring (bicyclic) bond motifs is 1. The normalized spacial score (nSPS) is 10.7. The van der Waals surface area contributed by atoms with E-state index in [0.29, 0.717) is 5.56 Å². The lowest BCUT2D eigenvalue weighted by Crippen LogP contribution is -1.97. The fourth-order valence-electron chi connectivity index (χ4n) is 2.03. The summed E-state index contributed by atoms with van der Waals surface area (Å²) in [6, 6.07) is 15.7. The van der Waals surface area contributed by atoms with E-state index >= 15 is 0 Å². The highest BCUT2D eigenvalue weighted by Gasteiger charge is 2.02. The Morgan fingerprint density at radius 1 is 1.06 bits per heavy atom. The highest BCUT2D eigenvalue weighted by Crippen LogP contribution is 2.14.